The van der Waals surface area contributed by atoms with Gasteiger partial charge in [-0.25, -0.2) is 9.97 Å². The predicted molar refractivity (Wildman–Crippen MR) is 173 cm³/mol. The van der Waals surface area contributed by atoms with Gasteiger partial charge in [0.2, 0.25) is 17.7 Å². The number of nitrogens with one attached hydrogen (secondary N) is 2. The molecule has 11 heteroatoms. The summed E-state index contributed by atoms with van der Waals surface area (Å²) in [5, 5.41) is 7.29. The number of hydrogen-bond acceptors (Lipinski definition) is 8. The van der Waals surface area contributed by atoms with Crippen LogP contribution in [-0.4, -0.2) is 60.0 Å². The molecule has 2 N–H and O–H groups in total. The smallest absolute Gasteiger partial charge is 0.235 e. The van der Waals surface area contributed by atoms with E-state index in [1.807, 2.05) is 48.5 Å². The summed E-state index contributed by atoms with van der Waals surface area (Å²) in [7, 11) is 3.18. The van der Waals surface area contributed by atoms with Crippen LogP contribution < -0.4 is 20.1 Å². The van der Waals surface area contributed by atoms with E-state index in [4.69, 9.17) is 42.6 Å². The minimum absolute atomic E-state index is 0.127. The first kappa shape index (κ1) is 29.8. The van der Waals surface area contributed by atoms with E-state index in [1.54, 1.807) is 20.4 Å². The fraction of sp³-hybridized carbons (Fsp3) is 0.303. The molecule has 6 rings (SSSR count). The molecule has 1 atom stereocenters. The van der Waals surface area contributed by atoms with Crippen molar-refractivity contribution in [2.75, 3.05) is 27.3 Å². The highest BCUT2D eigenvalue weighted by molar-refractivity contribution is 6.39. The van der Waals surface area contributed by atoms with E-state index in [2.05, 4.69) is 20.6 Å². The molecule has 2 aromatic carbocycles. The second kappa shape index (κ2) is 13.2. The maximum absolute atomic E-state index is 11.5. The van der Waals surface area contributed by atoms with Crippen LogP contribution in [0, 0.1) is 0 Å². The van der Waals surface area contributed by atoms with E-state index < -0.39 is 0 Å². The summed E-state index contributed by atoms with van der Waals surface area (Å²) in [5.74, 6) is 1.83. The fourth-order valence-corrected chi connectivity index (χ4v) is 6.30. The zero-order valence-electron chi connectivity index (χ0n) is 24.5. The molecule has 4 aromatic rings. The van der Waals surface area contributed by atoms with Crippen molar-refractivity contribution in [2.45, 2.75) is 38.1 Å². The zero-order chi connectivity index (χ0) is 30.6. The lowest BCUT2D eigenvalue weighted by atomic mass is 9.98. The summed E-state index contributed by atoms with van der Waals surface area (Å²) >= 11 is 14.1. The van der Waals surface area contributed by atoms with Crippen LogP contribution in [0.1, 0.15) is 36.9 Å². The Morgan fingerprint density at radius 1 is 0.864 bits per heavy atom. The molecule has 2 aliphatic heterocycles. The first-order chi connectivity index (χ1) is 21.5. The quantitative estimate of drug-likeness (QED) is 0.216. The second-order valence-electron chi connectivity index (χ2n) is 10.7. The number of amides is 1. The lowest BCUT2D eigenvalue weighted by Crippen LogP contribution is -2.25. The number of methoxy groups -OCH3 is 2. The Morgan fingerprint density at radius 2 is 1.55 bits per heavy atom. The largest absolute Gasteiger partial charge is 0.480 e. The number of carbonyl (C=O) groups excluding carboxylic acids is 1. The molecule has 44 heavy (non-hydrogen) atoms. The average Bonchev–Trinajstić information content (AvgIpc) is 3.73. The number of aryl methyl sites for hydroxylation is 1. The van der Waals surface area contributed by atoms with Gasteiger partial charge >= 0.3 is 0 Å². The predicted octanol–water partition coefficient (Wildman–Crippen LogP) is 6.15. The second-order valence-corrected chi connectivity index (χ2v) is 11.4. The van der Waals surface area contributed by atoms with E-state index in [0.29, 0.717) is 51.6 Å². The molecule has 226 valence electrons. The molecular formula is C33H32Cl2N6O3. The highest BCUT2D eigenvalue weighted by atomic mass is 35.5. The van der Waals surface area contributed by atoms with Crippen molar-refractivity contribution >= 4 is 34.9 Å². The van der Waals surface area contributed by atoms with Gasteiger partial charge in [0.1, 0.15) is 11.5 Å². The standard InChI is InChI=1S/C33H32Cl2N6O3/c1-43-32-24(31-36-16-17-37-31)13-14-25(40-32)22-9-4-7-20(29(22)34)21-8-5-10-23(30(21)35)27-18-38-26(33(41-27)44-2)11-3-6-19-12-15-28(42)39-19/h4-5,7-10,13-14,18-19H,3,6,11-12,15-17H2,1-2H3,(H,36,37)(H,39,42)/t19-/m1/s1. The van der Waals surface area contributed by atoms with Gasteiger partial charge in [-0.1, -0.05) is 59.6 Å². The topological polar surface area (TPSA) is 111 Å². The molecule has 0 spiro atoms. The number of ether oxygens (including phenoxy) is 2. The van der Waals surface area contributed by atoms with Crippen LogP contribution in [-0.2, 0) is 11.2 Å². The number of pyridine rings is 1. The Bertz CT molecular complexity index is 1750. The minimum Gasteiger partial charge on any atom is -0.480 e. The maximum atomic E-state index is 11.5. The highest BCUT2D eigenvalue weighted by Crippen LogP contribution is 2.42. The first-order valence-electron chi connectivity index (χ1n) is 14.6. The lowest BCUT2D eigenvalue weighted by molar-refractivity contribution is -0.119. The van der Waals surface area contributed by atoms with Crippen molar-refractivity contribution in [3.63, 3.8) is 0 Å². The number of carbonyl (C=O) groups is 1. The molecule has 0 unspecified atom stereocenters. The van der Waals surface area contributed by atoms with Crippen molar-refractivity contribution in [3.8, 4) is 45.4 Å². The van der Waals surface area contributed by atoms with Gasteiger partial charge in [-0.3, -0.25) is 14.8 Å². The number of halogens is 2. The molecule has 0 bridgehead atoms. The third-order valence-electron chi connectivity index (χ3n) is 7.88. The number of aliphatic imine (C=N–C) groups is 1. The van der Waals surface area contributed by atoms with Gasteiger partial charge in [0.15, 0.2) is 0 Å². The monoisotopic (exact) mass is 630 g/mol. The van der Waals surface area contributed by atoms with Crippen molar-refractivity contribution in [1.29, 1.82) is 0 Å². The van der Waals surface area contributed by atoms with Crippen molar-refractivity contribution < 1.29 is 14.3 Å². The number of rotatable bonds is 10. The molecule has 0 saturated carbocycles. The van der Waals surface area contributed by atoms with E-state index in [9.17, 15) is 4.79 Å². The van der Waals surface area contributed by atoms with E-state index >= 15 is 0 Å². The Labute approximate surface area is 266 Å². The zero-order valence-corrected chi connectivity index (χ0v) is 26.0. The van der Waals surface area contributed by atoms with Gasteiger partial charge in [0.05, 0.1) is 54.0 Å². The Balaban J connectivity index is 1.27. The molecule has 0 radical (unpaired) electrons. The molecule has 1 amide bonds. The van der Waals surface area contributed by atoms with Crippen LogP contribution in [0.15, 0.2) is 59.7 Å². The van der Waals surface area contributed by atoms with Crippen molar-refractivity contribution in [1.82, 2.24) is 25.6 Å². The Hall–Kier alpha value is -4.21. The minimum atomic E-state index is 0.127. The van der Waals surface area contributed by atoms with E-state index in [-0.39, 0.29) is 11.9 Å². The summed E-state index contributed by atoms with van der Waals surface area (Å²) in [5.41, 5.74) is 5.83. The van der Waals surface area contributed by atoms with Gasteiger partial charge in [-0.2, -0.15) is 0 Å². The van der Waals surface area contributed by atoms with Crippen molar-refractivity contribution in [3.05, 3.63) is 76.0 Å². The van der Waals surface area contributed by atoms with Gasteiger partial charge in [0.25, 0.3) is 0 Å². The van der Waals surface area contributed by atoms with E-state index in [1.165, 1.54) is 0 Å². The van der Waals surface area contributed by atoms with Crippen LogP contribution in [0.2, 0.25) is 10.0 Å². The van der Waals surface area contributed by atoms with Crippen LogP contribution in [0.5, 0.6) is 11.8 Å². The number of aromatic nitrogens is 3. The van der Waals surface area contributed by atoms with Crippen LogP contribution in [0.4, 0.5) is 0 Å². The molecule has 0 aliphatic carbocycles. The molecule has 4 heterocycles. The van der Waals surface area contributed by atoms with Gasteiger partial charge < -0.3 is 20.1 Å². The third kappa shape index (κ3) is 6.07. The molecular weight excluding hydrogens is 599 g/mol. The summed E-state index contributed by atoms with van der Waals surface area (Å²) < 4.78 is 11.2. The molecule has 2 aromatic heterocycles. The molecule has 9 nitrogen and oxygen atoms in total. The van der Waals surface area contributed by atoms with Gasteiger partial charge in [-0.05, 0) is 37.8 Å². The summed E-state index contributed by atoms with van der Waals surface area (Å²) in [4.78, 5) is 30.2. The first-order valence-corrected chi connectivity index (χ1v) is 15.3. The summed E-state index contributed by atoms with van der Waals surface area (Å²) in [6.07, 6.45) is 5.67. The molecule has 1 saturated heterocycles. The summed E-state index contributed by atoms with van der Waals surface area (Å²) in [6.45, 7) is 1.51. The number of nitrogens with zero attached hydrogens (tertiary/aromatic N) is 4. The maximum Gasteiger partial charge on any atom is 0.235 e. The Morgan fingerprint density at radius 3 is 2.18 bits per heavy atom. The van der Waals surface area contributed by atoms with Crippen LogP contribution in [0.25, 0.3) is 33.6 Å². The van der Waals surface area contributed by atoms with Crippen LogP contribution in [0.3, 0.4) is 0 Å². The fourth-order valence-electron chi connectivity index (χ4n) is 5.65. The highest BCUT2D eigenvalue weighted by Gasteiger charge is 2.22. The SMILES string of the molecule is COc1nc(-c2cccc(-c3cccc(-c4cnc(CCC[C@@H]5CCC(=O)N5)c(OC)n4)c3Cl)c2Cl)ccc1C1=NCCN1. The van der Waals surface area contributed by atoms with E-state index in [0.717, 1.165) is 66.1 Å². The van der Waals surface area contributed by atoms with Crippen molar-refractivity contribution in [2.24, 2.45) is 4.99 Å². The van der Waals surface area contributed by atoms with Gasteiger partial charge in [0, 0.05) is 41.3 Å². The third-order valence-corrected chi connectivity index (χ3v) is 8.69. The average molecular weight is 632 g/mol. The number of amidine groups is 1. The lowest BCUT2D eigenvalue weighted by Gasteiger charge is -2.15. The van der Waals surface area contributed by atoms with Gasteiger partial charge in [-0.15, -0.1) is 0 Å². The number of hydrogen-bond donors (Lipinski definition) is 2. The molecule has 1 fully saturated rings. The normalized spacial score (nSPS) is 16.0. The number of benzene rings is 2. The molecule has 2 aliphatic rings. The van der Waals surface area contributed by atoms with Crippen LogP contribution >= 0.6 is 23.2 Å². The summed E-state index contributed by atoms with van der Waals surface area (Å²) in [6, 6.07) is 15.6. The Kier molecular flexibility index (Phi) is 8.95.